The van der Waals surface area contributed by atoms with Crippen LogP contribution in [0, 0.1) is 19.8 Å². The highest BCUT2D eigenvalue weighted by molar-refractivity contribution is 6.06. The molecule has 0 spiro atoms. The average Bonchev–Trinajstić information content (AvgIpc) is 2.66. The number of nitrogens with one attached hydrogen (secondary N) is 2. The third-order valence-corrected chi connectivity index (χ3v) is 2.98. The van der Waals surface area contributed by atoms with Crippen molar-refractivity contribution in [3.63, 3.8) is 0 Å². The predicted octanol–water partition coefficient (Wildman–Crippen LogP) is 2.08. The highest BCUT2D eigenvalue weighted by Gasteiger charge is 2.29. The molecule has 4 heteroatoms. The van der Waals surface area contributed by atoms with Crippen LogP contribution in [0.4, 0.5) is 0 Å². The van der Waals surface area contributed by atoms with E-state index in [-0.39, 0.29) is 11.9 Å². The largest absolute Gasteiger partial charge is 0.340 e. The van der Waals surface area contributed by atoms with Crippen LogP contribution in [0.3, 0.4) is 0 Å². The third kappa shape index (κ3) is 3.34. The number of rotatable bonds is 3. The molecule has 0 radical (unpaired) electrons. The fourth-order valence-corrected chi connectivity index (χ4v) is 2.20. The highest BCUT2D eigenvalue weighted by Crippen LogP contribution is 2.19. The average molecular weight is 259 g/mol. The summed E-state index contributed by atoms with van der Waals surface area (Å²) in [7, 11) is 0. The number of benzene rings is 1. The summed E-state index contributed by atoms with van der Waals surface area (Å²) in [4.78, 5) is 16.4. The van der Waals surface area contributed by atoms with Gasteiger partial charge in [-0.3, -0.25) is 15.1 Å². The van der Waals surface area contributed by atoms with Crippen LogP contribution in [0.1, 0.15) is 36.6 Å². The minimum absolute atomic E-state index is 0.0347. The van der Waals surface area contributed by atoms with Gasteiger partial charge in [0.25, 0.3) is 5.91 Å². The van der Waals surface area contributed by atoms with Crippen molar-refractivity contribution < 1.29 is 4.79 Å². The summed E-state index contributed by atoms with van der Waals surface area (Å²) in [5.41, 5.74) is 3.32. The standard InChI is InChI=1S/C15H21N3O/c1-9(2)8-16-15-17-13(14(19)18-15)12-6-10(3)5-11(4)7-12/h5-7,9,13H,8H2,1-4H3,(H2,16,17,18,19). The lowest BCUT2D eigenvalue weighted by Gasteiger charge is -2.10. The van der Waals surface area contributed by atoms with Crippen molar-refractivity contribution in [3.8, 4) is 0 Å². The van der Waals surface area contributed by atoms with E-state index in [4.69, 9.17) is 0 Å². The number of aliphatic imine (C=N–C) groups is 1. The van der Waals surface area contributed by atoms with Gasteiger partial charge in [-0.25, -0.2) is 0 Å². The molecule has 1 amide bonds. The maximum atomic E-state index is 12.0. The third-order valence-electron chi connectivity index (χ3n) is 2.98. The van der Waals surface area contributed by atoms with Crippen molar-refractivity contribution in [2.24, 2.45) is 10.9 Å². The Morgan fingerprint density at radius 3 is 2.42 bits per heavy atom. The maximum absolute atomic E-state index is 12.0. The minimum Gasteiger partial charge on any atom is -0.340 e. The molecule has 0 bridgehead atoms. The molecule has 1 aromatic carbocycles. The van der Waals surface area contributed by atoms with Crippen molar-refractivity contribution in [1.29, 1.82) is 0 Å². The molecular weight excluding hydrogens is 238 g/mol. The van der Waals surface area contributed by atoms with E-state index in [0.717, 1.165) is 16.7 Å². The van der Waals surface area contributed by atoms with Crippen LogP contribution < -0.4 is 10.6 Å². The molecule has 2 N–H and O–H groups in total. The first-order valence-electron chi connectivity index (χ1n) is 6.65. The van der Waals surface area contributed by atoms with E-state index >= 15 is 0 Å². The van der Waals surface area contributed by atoms with Gasteiger partial charge < -0.3 is 5.32 Å². The Morgan fingerprint density at radius 2 is 1.84 bits per heavy atom. The van der Waals surface area contributed by atoms with Gasteiger partial charge in [0, 0.05) is 6.54 Å². The molecule has 2 rings (SSSR count). The van der Waals surface area contributed by atoms with E-state index in [1.807, 2.05) is 26.0 Å². The zero-order valence-electron chi connectivity index (χ0n) is 11.9. The van der Waals surface area contributed by atoms with E-state index in [1.165, 1.54) is 0 Å². The second-order valence-corrected chi connectivity index (χ2v) is 5.57. The molecule has 4 nitrogen and oxygen atoms in total. The van der Waals surface area contributed by atoms with Gasteiger partial charge in [-0.15, -0.1) is 0 Å². The Hall–Kier alpha value is -1.84. The Labute approximate surface area is 114 Å². The van der Waals surface area contributed by atoms with Crippen molar-refractivity contribution in [2.45, 2.75) is 33.7 Å². The molecule has 19 heavy (non-hydrogen) atoms. The maximum Gasteiger partial charge on any atom is 0.253 e. The summed E-state index contributed by atoms with van der Waals surface area (Å²) in [6, 6.07) is 5.85. The first-order chi connectivity index (χ1) is 8.95. The van der Waals surface area contributed by atoms with Gasteiger partial charge >= 0.3 is 0 Å². The van der Waals surface area contributed by atoms with Crippen LogP contribution >= 0.6 is 0 Å². The fraction of sp³-hybridized carbons (Fsp3) is 0.467. The van der Waals surface area contributed by atoms with Crippen molar-refractivity contribution in [2.75, 3.05) is 6.54 Å². The highest BCUT2D eigenvalue weighted by atomic mass is 16.2. The molecule has 102 valence electrons. The number of carbonyl (C=O) groups is 1. The molecule has 0 saturated carbocycles. The molecule has 1 saturated heterocycles. The van der Waals surface area contributed by atoms with Crippen LogP contribution in [0.2, 0.25) is 0 Å². The summed E-state index contributed by atoms with van der Waals surface area (Å²) < 4.78 is 0. The van der Waals surface area contributed by atoms with Gasteiger partial charge in [0.2, 0.25) is 0 Å². The lowest BCUT2D eigenvalue weighted by atomic mass is 10.0. The molecule has 1 heterocycles. The van der Waals surface area contributed by atoms with Crippen LogP contribution in [-0.2, 0) is 4.79 Å². The van der Waals surface area contributed by atoms with Crippen molar-refractivity contribution >= 4 is 11.9 Å². The lowest BCUT2D eigenvalue weighted by molar-refractivity contribution is -0.120. The monoisotopic (exact) mass is 259 g/mol. The molecule has 0 aromatic heterocycles. The van der Waals surface area contributed by atoms with E-state index in [2.05, 4.69) is 35.5 Å². The first kappa shape index (κ1) is 13.6. The molecular formula is C15H21N3O. The minimum atomic E-state index is -0.329. The first-order valence-corrected chi connectivity index (χ1v) is 6.65. The van der Waals surface area contributed by atoms with Crippen LogP contribution in [0.5, 0.6) is 0 Å². The zero-order valence-corrected chi connectivity index (χ0v) is 11.9. The molecule has 1 aromatic rings. The summed E-state index contributed by atoms with van der Waals surface area (Å²) in [5.74, 6) is 1.03. The molecule has 0 aliphatic carbocycles. The Morgan fingerprint density at radius 1 is 1.21 bits per heavy atom. The number of guanidine groups is 1. The van der Waals surface area contributed by atoms with E-state index in [9.17, 15) is 4.79 Å². The number of aryl methyl sites for hydroxylation is 2. The van der Waals surface area contributed by atoms with Crippen molar-refractivity contribution in [1.82, 2.24) is 10.6 Å². The molecule has 1 aliphatic rings. The number of hydrogen-bond acceptors (Lipinski definition) is 2. The zero-order chi connectivity index (χ0) is 14.0. The number of amides is 1. The number of hydrogen-bond donors (Lipinski definition) is 2. The van der Waals surface area contributed by atoms with Gasteiger partial charge in [-0.2, -0.15) is 0 Å². The van der Waals surface area contributed by atoms with E-state index < -0.39 is 0 Å². The second-order valence-electron chi connectivity index (χ2n) is 5.57. The number of carbonyl (C=O) groups excluding carboxylic acids is 1. The van der Waals surface area contributed by atoms with Gasteiger partial charge in [0.1, 0.15) is 6.04 Å². The van der Waals surface area contributed by atoms with Gasteiger partial charge in [0.05, 0.1) is 0 Å². The summed E-state index contributed by atoms with van der Waals surface area (Å²) in [6.45, 7) is 8.99. The second kappa shape index (κ2) is 5.43. The van der Waals surface area contributed by atoms with Crippen LogP contribution in [-0.4, -0.2) is 18.4 Å². The Balaban J connectivity index is 2.18. The summed E-state index contributed by atoms with van der Waals surface area (Å²) in [5, 5.41) is 5.95. The Bertz CT molecular complexity index is 500. The summed E-state index contributed by atoms with van der Waals surface area (Å²) >= 11 is 0. The fourth-order valence-electron chi connectivity index (χ4n) is 2.20. The molecule has 1 unspecified atom stereocenters. The topological polar surface area (TPSA) is 53.5 Å². The normalized spacial score (nSPS) is 20.8. The van der Waals surface area contributed by atoms with Crippen LogP contribution in [0.25, 0.3) is 0 Å². The van der Waals surface area contributed by atoms with E-state index in [0.29, 0.717) is 18.4 Å². The molecule has 1 fully saturated rings. The molecule has 1 aliphatic heterocycles. The van der Waals surface area contributed by atoms with Crippen molar-refractivity contribution in [3.05, 3.63) is 34.9 Å². The quantitative estimate of drug-likeness (QED) is 0.873. The van der Waals surface area contributed by atoms with E-state index in [1.54, 1.807) is 0 Å². The SMILES string of the molecule is Cc1cc(C)cc(C2NC(=NCC(C)C)NC2=O)c1. The predicted molar refractivity (Wildman–Crippen MR) is 77.1 cm³/mol. The van der Waals surface area contributed by atoms with Gasteiger partial charge in [0.15, 0.2) is 5.96 Å². The number of nitrogens with zero attached hydrogens (tertiary/aromatic N) is 1. The van der Waals surface area contributed by atoms with Gasteiger partial charge in [-0.1, -0.05) is 43.2 Å². The van der Waals surface area contributed by atoms with Crippen LogP contribution in [0.15, 0.2) is 23.2 Å². The summed E-state index contributed by atoms with van der Waals surface area (Å²) in [6.07, 6.45) is 0. The molecule has 1 atom stereocenters. The smallest absolute Gasteiger partial charge is 0.253 e. The lowest BCUT2D eigenvalue weighted by Crippen LogP contribution is -2.26. The Kier molecular flexibility index (Phi) is 3.88. The van der Waals surface area contributed by atoms with Gasteiger partial charge in [-0.05, 0) is 25.3 Å².